The molecule has 1 heteroatoms. The van der Waals surface area contributed by atoms with Crippen LogP contribution in [0.3, 0.4) is 0 Å². The maximum absolute atomic E-state index is 2.47. The van der Waals surface area contributed by atoms with Gasteiger partial charge in [0, 0.05) is 11.1 Å². The number of hydrogen-bond acceptors (Lipinski definition) is 1. The summed E-state index contributed by atoms with van der Waals surface area (Å²) in [5, 5.41) is 0. The molecule has 0 N–H and O–H groups in total. The molecule has 31 heavy (non-hydrogen) atoms. The van der Waals surface area contributed by atoms with Crippen molar-refractivity contribution in [2.24, 2.45) is 0 Å². The first-order valence-corrected chi connectivity index (χ1v) is 11.5. The smallest absolute Gasteiger partial charge is 0.0502 e. The second-order valence-corrected chi connectivity index (χ2v) is 8.93. The van der Waals surface area contributed by atoms with Gasteiger partial charge in [-0.3, -0.25) is 0 Å². The van der Waals surface area contributed by atoms with Gasteiger partial charge in [-0.2, -0.15) is 0 Å². The zero-order chi connectivity index (χ0) is 20.7. The molecule has 1 fully saturated rings. The lowest BCUT2D eigenvalue weighted by molar-refractivity contribution is 0.344. The fraction of sp³-hybridized carbons (Fsp3) is 0.200. The molecule has 1 spiro atoms. The molecule has 4 aromatic rings. The highest BCUT2D eigenvalue weighted by molar-refractivity contribution is 5.86. The normalized spacial score (nSPS) is 16.6. The van der Waals surface area contributed by atoms with Crippen molar-refractivity contribution in [3.8, 4) is 11.1 Å². The van der Waals surface area contributed by atoms with Gasteiger partial charge < -0.3 is 4.90 Å². The summed E-state index contributed by atoms with van der Waals surface area (Å²) in [7, 11) is 0. The minimum absolute atomic E-state index is 0.159. The Morgan fingerprint density at radius 2 is 1.00 bits per heavy atom. The van der Waals surface area contributed by atoms with Crippen LogP contribution in [0.25, 0.3) is 11.1 Å². The lowest BCUT2D eigenvalue weighted by Crippen LogP contribution is -2.37. The minimum atomic E-state index is 0.159. The van der Waals surface area contributed by atoms with E-state index in [1.165, 1.54) is 71.4 Å². The molecule has 4 aromatic carbocycles. The number of fused-ring (bicyclic) bond motifs is 4. The van der Waals surface area contributed by atoms with Crippen LogP contribution in [0.4, 0.5) is 17.1 Å². The SMILES string of the molecule is c1ccc(-c2ccc(N3c4ccccc4C4(CCCCC4)c4ccccc43)cc2)cc1. The predicted molar refractivity (Wildman–Crippen MR) is 130 cm³/mol. The van der Waals surface area contributed by atoms with Gasteiger partial charge in [0.15, 0.2) is 0 Å². The van der Waals surface area contributed by atoms with Crippen LogP contribution in [0, 0.1) is 0 Å². The predicted octanol–water partition coefficient (Wildman–Crippen LogP) is 8.39. The van der Waals surface area contributed by atoms with E-state index in [1.807, 2.05) is 0 Å². The van der Waals surface area contributed by atoms with E-state index in [1.54, 1.807) is 0 Å². The highest BCUT2D eigenvalue weighted by Gasteiger charge is 2.43. The summed E-state index contributed by atoms with van der Waals surface area (Å²) in [4.78, 5) is 2.47. The third-order valence-corrected chi connectivity index (χ3v) is 7.26. The summed E-state index contributed by atoms with van der Waals surface area (Å²) in [6.07, 6.45) is 6.49. The molecule has 0 bridgehead atoms. The minimum Gasteiger partial charge on any atom is -0.310 e. The van der Waals surface area contributed by atoms with E-state index in [2.05, 4.69) is 108 Å². The van der Waals surface area contributed by atoms with E-state index in [-0.39, 0.29) is 5.41 Å². The van der Waals surface area contributed by atoms with Crippen molar-refractivity contribution in [3.05, 3.63) is 114 Å². The van der Waals surface area contributed by atoms with Gasteiger partial charge in [-0.05, 0) is 59.4 Å². The first-order valence-electron chi connectivity index (χ1n) is 11.5. The lowest BCUT2D eigenvalue weighted by Gasteiger charge is -2.47. The van der Waals surface area contributed by atoms with Gasteiger partial charge in [0.2, 0.25) is 0 Å². The summed E-state index contributed by atoms with van der Waals surface area (Å²) in [5.41, 5.74) is 9.59. The van der Waals surface area contributed by atoms with Crippen LogP contribution in [0.1, 0.15) is 43.2 Å². The Morgan fingerprint density at radius 1 is 0.484 bits per heavy atom. The molecule has 0 saturated heterocycles. The highest BCUT2D eigenvalue weighted by Crippen LogP contribution is 2.57. The molecule has 1 saturated carbocycles. The van der Waals surface area contributed by atoms with Gasteiger partial charge in [-0.25, -0.2) is 0 Å². The summed E-state index contributed by atoms with van der Waals surface area (Å²) in [6.45, 7) is 0. The van der Waals surface area contributed by atoms with Crippen LogP contribution >= 0.6 is 0 Å². The summed E-state index contributed by atoms with van der Waals surface area (Å²) in [6, 6.07) is 37.9. The fourth-order valence-electron chi connectivity index (χ4n) is 5.83. The van der Waals surface area contributed by atoms with Gasteiger partial charge in [-0.15, -0.1) is 0 Å². The summed E-state index contributed by atoms with van der Waals surface area (Å²) < 4.78 is 0. The Bertz CT molecular complexity index is 1150. The molecule has 2 aliphatic rings. The first kappa shape index (κ1) is 18.4. The Labute approximate surface area is 185 Å². The molecule has 1 heterocycles. The Balaban J connectivity index is 1.51. The molecular weight excluding hydrogens is 374 g/mol. The second kappa shape index (κ2) is 7.42. The topological polar surface area (TPSA) is 3.24 Å². The van der Waals surface area contributed by atoms with E-state index in [0.717, 1.165) is 0 Å². The molecule has 152 valence electrons. The molecule has 0 radical (unpaired) electrons. The summed E-state index contributed by atoms with van der Waals surface area (Å²) >= 11 is 0. The van der Waals surface area contributed by atoms with E-state index < -0.39 is 0 Å². The van der Waals surface area contributed by atoms with E-state index in [4.69, 9.17) is 0 Å². The van der Waals surface area contributed by atoms with Crippen molar-refractivity contribution in [1.82, 2.24) is 0 Å². The second-order valence-electron chi connectivity index (χ2n) is 8.93. The Kier molecular flexibility index (Phi) is 4.42. The van der Waals surface area contributed by atoms with Crippen molar-refractivity contribution in [1.29, 1.82) is 0 Å². The van der Waals surface area contributed by atoms with Crippen LogP contribution in [0.2, 0.25) is 0 Å². The van der Waals surface area contributed by atoms with Crippen molar-refractivity contribution < 1.29 is 0 Å². The molecular formula is C30H27N. The Hall–Kier alpha value is -3.32. The fourth-order valence-corrected chi connectivity index (χ4v) is 5.83. The number of anilines is 3. The molecule has 1 aliphatic heterocycles. The van der Waals surface area contributed by atoms with Crippen LogP contribution in [-0.4, -0.2) is 0 Å². The zero-order valence-electron chi connectivity index (χ0n) is 17.8. The van der Waals surface area contributed by atoms with Crippen molar-refractivity contribution in [2.45, 2.75) is 37.5 Å². The molecule has 0 unspecified atom stereocenters. The molecule has 6 rings (SSSR count). The van der Waals surface area contributed by atoms with Gasteiger partial charge >= 0.3 is 0 Å². The average Bonchev–Trinajstić information content (AvgIpc) is 2.86. The van der Waals surface area contributed by atoms with Crippen LogP contribution in [0.15, 0.2) is 103 Å². The monoisotopic (exact) mass is 401 g/mol. The average molecular weight is 402 g/mol. The maximum atomic E-state index is 2.47. The largest absolute Gasteiger partial charge is 0.310 e. The number of benzene rings is 4. The number of hydrogen-bond donors (Lipinski definition) is 0. The van der Waals surface area contributed by atoms with E-state index in [0.29, 0.717) is 0 Å². The molecule has 1 nitrogen and oxygen atoms in total. The third-order valence-electron chi connectivity index (χ3n) is 7.26. The zero-order valence-corrected chi connectivity index (χ0v) is 17.8. The number of rotatable bonds is 2. The van der Waals surface area contributed by atoms with Gasteiger partial charge in [0.25, 0.3) is 0 Å². The van der Waals surface area contributed by atoms with E-state index in [9.17, 15) is 0 Å². The van der Waals surface area contributed by atoms with Gasteiger partial charge in [0.1, 0.15) is 0 Å². The molecule has 0 atom stereocenters. The molecule has 1 aliphatic carbocycles. The van der Waals surface area contributed by atoms with Crippen LogP contribution in [-0.2, 0) is 5.41 Å². The number of para-hydroxylation sites is 2. The van der Waals surface area contributed by atoms with Crippen molar-refractivity contribution >= 4 is 17.1 Å². The Morgan fingerprint density at radius 3 is 1.61 bits per heavy atom. The van der Waals surface area contributed by atoms with Gasteiger partial charge in [-0.1, -0.05) is 98.1 Å². The van der Waals surface area contributed by atoms with Crippen LogP contribution < -0.4 is 4.90 Å². The quantitative estimate of drug-likeness (QED) is 0.326. The number of nitrogens with zero attached hydrogens (tertiary/aromatic N) is 1. The molecule has 0 amide bonds. The van der Waals surface area contributed by atoms with Gasteiger partial charge in [0.05, 0.1) is 11.4 Å². The van der Waals surface area contributed by atoms with Crippen molar-refractivity contribution in [2.75, 3.05) is 4.90 Å². The highest BCUT2D eigenvalue weighted by atomic mass is 15.2. The lowest BCUT2D eigenvalue weighted by atomic mass is 9.63. The third kappa shape index (κ3) is 2.91. The maximum Gasteiger partial charge on any atom is 0.0502 e. The van der Waals surface area contributed by atoms with Crippen LogP contribution in [0.5, 0.6) is 0 Å². The molecule has 0 aromatic heterocycles. The standard InChI is InChI=1S/C30H27N/c1-3-11-23(12-4-1)24-17-19-25(20-18-24)31-28-15-7-5-13-26(28)30(21-9-2-10-22-30)27-14-6-8-16-29(27)31/h1,3-8,11-20H,2,9-10,21-22H2. The van der Waals surface area contributed by atoms with E-state index >= 15 is 0 Å². The first-order chi connectivity index (χ1) is 15.4. The van der Waals surface area contributed by atoms with Crippen molar-refractivity contribution in [3.63, 3.8) is 0 Å². The summed E-state index contributed by atoms with van der Waals surface area (Å²) in [5.74, 6) is 0.